The number of fused-ring (bicyclic) bond motifs is 1. The van der Waals surface area contributed by atoms with E-state index in [0.29, 0.717) is 5.56 Å². The van der Waals surface area contributed by atoms with Gasteiger partial charge in [0, 0.05) is 20.2 Å². The number of esters is 1. The fourth-order valence-electron chi connectivity index (χ4n) is 2.57. The first-order valence-electron chi connectivity index (χ1n) is 7.76. The predicted molar refractivity (Wildman–Crippen MR) is 98.4 cm³/mol. The third-order valence-corrected chi connectivity index (χ3v) is 6.01. The van der Waals surface area contributed by atoms with Gasteiger partial charge in [0.25, 0.3) is 0 Å². The number of ether oxygens (including phenoxy) is 1. The molecule has 1 aliphatic rings. The number of carbonyl (C=O) groups is 3. The molecule has 0 spiro atoms. The van der Waals surface area contributed by atoms with Crippen LogP contribution in [0.1, 0.15) is 26.5 Å². The number of carbonyl (C=O) groups excluding carboxylic acids is 3. The second-order valence-corrected chi connectivity index (χ2v) is 8.41. The molecule has 1 aliphatic heterocycles. The molecule has 0 unspecified atom stereocenters. The monoisotopic (exact) mass is 375 g/mol. The first-order valence-corrected chi connectivity index (χ1v) is 9.46. The van der Waals surface area contributed by atoms with Gasteiger partial charge in [-0.05, 0) is 32.0 Å². The van der Waals surface area contributed by atoms with Gasteiger partial charge in [-0.15, -0.1) is 23.1 Å². The quantitative estimate of drug-likeness (QED) is 0.639. The molecule has 7 heteroatoms. The highest BCUT2D eigenvalue weighted by Crippen LogP contribution is 2.36. The number of hydrogen-bond donors (Lipinski definition) is 1. The third kappa shape index (κ3) is 4.11. The lowest BCUT2D eigenvalue weighted by molar-refractivity contribution is -0.143. The fraction of sp³-hybridized carbons (Fsp3) is 0.278. The SMILES string of the molecule is Cc1cc(C(=O)COC(=O)C[C@H]2Sc3ccccc3NC2=O)c(C)s1. The molecule has 2 aromatic rings. The second kappa shape index (κ2) is 7.41. The molecule has 1 atom stereocenters. The molecule has 1 amide bonds. The molecule has 0 fully saturated rings. The highest BCUT2D eigenvalue weighted by molar-refractivity contribution is 8.01. The minimum absolute atomic E-state index is 0.0697. The molecule has 1 aromatic heterocycles. The van der Waals surface area contributed by atoms with Crippen molar-refractivity contribution in [1.82, 2.24) is 0 Å². The molecule has 1 aromatic carbocycles. The minimum Gasteiger partial charge on any atom is -0.457 e. The van der Waals surface area contributed by atoms with Crippen LogP contribution < -0.4 is 5.32 Å². The molecular formula is C18H17NO4S2. The Morgan fingerprint density at radius 2 is 2.00 bits per heavy atom. The third-order valence-electron chi connectivity index (χ3n) is 3.76. The first kappa shape index (κ1) is 17.7. The largest absolute Gasteiger partial charge is 0.457 e. The van der Waals surface area contributed by atoms with Crippen molar-refractivity contribution in [3.8, 4) is 0 Å². The van der Waals surface area contributed by atoms with Crippen LogP contribution in [0.5, 0.6) is 0 Å². The van der Waals surface area contributed by atoms with E-state index in [9.17, 15) is 14.4 Å². The molecule has 0 radical (unpaired) electrons. The number of aryl methyl sites for hydroxylation is 2. The number of hydrogen-bond acceptors (Lipinski definition) is 6. The molecule has 0 saturated carbocycles. The lowest BCUT2D eigenvalue weighted by Gasteiger charge is -2.23. The second-order valence-electron chi connectivity index (χ2n) is 5.71. The molecule has 5 nitrogen and oxygen atoms in total. The Labute approximate surface area is 153 Å². The van der Waals surface area contributed by atoms with Crippen LogP contribution in [0.3, 0.4) is 0 Å². The van der Waals surface area contributed by atoms with E-state index < -0.39 is 11.2 Å². The normalized spacial score (nSPS) is 16.1. The summed E-state index contributed by atoms with van der Waals surface area (Å²) in [6, 6.07) is 9.23. The van der Waals surface area contributed by atoms with Crippen LogP contribution in [0.15, 0.2) is 35.2 Å². The summed E-state index contributed by atoms with van der Waals surface area (Å²) in [5, 5.41) is 2.23. The average molecular weight is 375 g/mol. The van der Waals surface area contributed by atoms with E-state index >= 15 is 0 Å². The molecule has 25 heavy (non-hydrogen) atoms. The molecule has 0 saturated heterocycles. The number of rotatable bonds is 5. The van der Waals surface area contributed by atoms with Crippen LogP contribution >= 0.6 is 23.1 Å². The van der Waals surface area contributed by atoms with Crippen LogP contribution in [0.4, 0.5) is 5.69 Å². The first-order chi connectivity index (χ1) is 11.9. The number of benzene rings is 1. The molecule has 3 rings (SSSR count). The Kier molecular flexibility index (Phi) is 5.24. The number of para-hydroxylation sites is 1. The van der Waals surface area contributed by atoms with E-state index in [1.54, 1.807) is 6.07 Å². The summed E-state index contributed by atoms with van der Waals surface area (Å²) in [6.45, 7) is 3.50. The van der Waals surface area contributed by atoms with Crippen LogP contribution in [-0.4, -0.2) is 29.5 Å². The van der Waals surface area contributed by atoms with Gasteiger partial charge >= 0.3 is 5.97 Å². The van der Waals surface area contributed by atoms with Crippen molar-refractivity contribution < 1.29 is 19.1 Å². The van der Waals surface area contributed by atoms with Gasteiger partial charge in [-0.3, -0.25) is 14.4 Å². The summed E-state index contributed by atoms with van der Waals surface area (Å²) >= 11 is 2.87. The van der Waals surface area contributed by atoms with Gasteiger partial charge in [0.05, 0.1) is 17.4 Å². The molecule has 130 valence electrons. The Bertz CT molecular complexity index is 843. The van der Waals surface area contributed by atoms with Crippen molar-refractivity contribution >= 4 is 46.4 Å². The fourth-order valence-corrected chi connectivity index (χ4v) is 4.61. The number of thiophene rings is 1. The topological polar surface area (TPSA) is 72.5 Å². The Hall–Kier alpha value is -2.12. The molecule has 2 heterocycles. The van der Waals surface area contributed by atoms with E-state index in [2.05, 4.69) is 5.32 Å². The summed E-state index contributed by atoms with van der Waals surface area (Å²) in [6.07, 6.45) is -0.0697. The molecule has 0 aliphatic carbocycles. The highest BCUT2D eigenvalue weighted by atomic mass is 32.2. The van der Waals surface area contributed by atoms with Crippen LogP contribution in [-0.2, 0) is 14.3 Å². The number of Topliss-reactive ketones (excluding diaryl/α,β-unsaturated/α-hetero) is 1. The molecule has 0 bridgehead atoms. The zero-order valence-electron chi connectivity index (χ0n) is 13.8. The van der Waals surface area contributed by atoms with Crippen molar-refractivity contribution in [2.24, 2.45) is 0 Å². The Morgan fingerprint density at radius 3 is 2.72 bits per heavy atom. The summed E-state index contributed by atoms with van der Waals surface area (Å²) in [5.74, 6) is -0.998. The van der Waals surface area contributed by atoms with Crippen molar-refractivity contribution in [1.29, 1.82) is 0 Å². The van der Waals surface area contributed by atoms with E-state index in [4.69, 9.17) is 4.74 Å². The van der Waals surface area contributed by atoms with Crippen LogP contribution in [0.25, 0.3) is 0 Å². The lowest BCUT2D eigenvalue weighted by atomic mass is 10.2. The van der Waals surface area contributed by atoms with Crippen molar-refractivity contribution in [3.63, 3.8) is 0 Å². The summed E-state index contributed by atoms with van der Waals surface area (Å²) in [4.78, 5) is 39.1. The van der Waals surface area contributed by atoms with Gasteiger partial charge in [0.15, 0.2) is 6.61 Å². The number of thioether (sulfide) groups is 1. The zero-order chi connectivity index (χ0) is 18.0. The zero-order valence-corrected chi connectivity index (χ0v) is 15.5. The Morgan fingerprint density at radius 1 is 1.24 bits per heavy atom. The van der Waals surface area contributed by atoms with Crippen LogP contribution in [0, 0.1) is 13.8 Å². The summed E-state index contributed by atoms with van der Waals surface area (Å²) < 4.78 is 5.08. The smallest absolute Gasteiger partial charge is 0.307 e. The van der Waals surface area contributed by atoms with Gasteiger partial charge in [0.2, 0.25) is 11.7 Å². The number of nitrogens with one attached hydrogen (secondary N) is 1. The van der Waals surface area contributed by atoms with Gasteiger partial charge in [0.1, 0.15) is 0 Å². The maximum atomic E-state index is 12.1. The van der Waals surface area contributed by atoms with Gasteiger partial charge in [-0.25, -0.2) is 0 Å². The summed E-state index contributed by atoms with van der Waals surface area (Å²) in [7, 11) is 0. The number of amides is 1. The van der Waals surface area contributed by atoms with Crippen LogP contribution in [0.2, 0.25) is 0 Å². The predicted octanol–water partition coefficient (Wildman–Crippen LogP) is 3.59. The van der Waals surface area contributed by atoms with Gasteiger partial charge in [-0.1, -0.05) is 12.1 Å². The van der Waals surface area contributed by atoms with Crippen molar-refractivity contribution in [3.05, 3.63) is 45.6 Å². The number of ketones is 1. The van der Waals surface area contributed by atoms with Crippen molar-refractivity contribution in [2.45, 2.75) is 30.4 Å². The van der Waals surface area contributed by atoms with Gasteiger partial charge < -0.3 is 10.1 Å². The van der Waals surface area contributed by atoms with Crippen molar-refractivity contribution in [2.75, 3.05) is 11.9 Å². The standard InChI is InChI=1S/C18H17NO4S2/c1-10-7-12(11(2)24-10)14(20)9-23-17(21)8-16-18(22)19-13-5-3-4-6-15(13)25-16/h3-7,16H,8-9H2,1-2H3,(H,19,22)/t16-/m1/s1. The maximum absolute atomic E-state index is 12.1. The minimum atomic E-state index is -0.553. The molecular weight excluding hydrogens is 358 g/mol. The average Bonchev–Trinajstić information content (AvgIpc) is 2.92. The van der Waals surface area contributed by atoms with E-state index in [1.165, 1.54) is 23.1 Å². The maximum Gasteiger partial charge on any atom is 0.307 e. The Balaban J connectivity index is 1.55. The molecule has 1 N–H and O–H groups in total. The number of anilines is 1. The highest BCUT2D eigenvalue weighted by Gasteiger charge is 2.29. The summed E-state index contributed by atoms with van der Waals surface area (Å²) in [5.41, 5.74) is 1.34. The van der Waals surface area contributed by atoms with E-state index in [0.717, 1.165) is 20.3 Å². The van der Waals surface area contributed by atoms with Gasteiger partial charge in [-0.2, -0.15) is 0 Å². The lowest BCUT2D eigenvalue weighted by Crippen LogP contribution is -2.31. The van der Waals surface area contributed by atoms with E-state index in [1.807, 2.05) is 38.1 Å². The van der Waals surface area contributed by atoms with E-state index in [-0.39, 0.29) is 24.7 Å².